The summed E-state index contributed by atoms with van der Waals surface area (Å²) in [6, 6.07) is 7.90. The highest BCUT2D eigenvalue weighted by Gasteiger charge is 2.33. The summed E-state index contributed by atoms with van der Waals surface area (Å²) in [6.07, 6.45) is 0.738. The fraction of sp³-hybridized carbons (Fsp3) is 0.300. The number of tetrazole rings is 1. The molecule has 0 unspecified atom stereocenters. The average molecular weight is 441 g/mol. The fourth-order valence-corrected chi connectivity index (χ4v) is 3.29. The van der Waals surface area contributed by atoms with Gasteiger partial charge in [-0.2, -0.15) is 4.80 Å². The molecule has 1 saturated heterocycles. The van der Waals surface area contributed by atoms with E-state index in [4.69, 9.17) is 4.74 Å². The minimum Gasteiger partial charge on any atom is -0.442 e. The molecule has 3 aromatic rings. The molecule has 1 aliphatic rings. The Morgan fingerprint density at radius 1 is 1.34 bits per heavy atom. The number of aryl methyl sites for hydroxylation is 1. The summed E-state index contributed by atoms with van der Waals surface area (Å²) >= 11 is 0. The lowest BCUT2D eigenvalue weighted by atomic mass is 10.1. The summed E-state index contributed by atoms with van der Waals surface area (Å²) in [5.74, 6) is -0.284. The van der Waals surface area contributed by atoms with Gasteiger partial charge in [0, 0.05) is 17.3 Å². The third-order valence-electron chi connectivity index (χ3n) is 4.88. The van der Waals surface area contributed by atoms with Gasteiger partial charge in [0.05, 0.1) is 38.8 Å². The lowest BCUT2D eigenvalue weighted by molar-refractivity contribution is -0.366. The Morgan fingerprint density at radius 2 is 2.19 bits per heavy atom. The smallest absolute Gasteiger partial charge is 0.414 e. The van der Waals surface area contributed by atoms with Gasteiger partial charge in [0.1, 0.15) is 17.6 Å². The normalized spacial score (nSPS) is 15.7. The van der Waals surface area contributed by atoms with Gasteiger partial charge in [0.25, 0.3) is 0 Å². The molecule has 4 rings (SSSR count). The number of carbonyl (C=O) groups excluding carboxylic acids is 2. The lowest BCUT2D eigenvalue weighted by Gasteiger charge is -2.14. The first-order valence-electron chi connectivity index (χ1n) is 9.99. The zero-order chi connectivity index (χ0) is 22.7. The van der Waals surface area contributed by atoms with Crippen LogP contribution in [0.25, 0.3) is 22.6 Å². The molecule has 0 radical (unpaired) electrons. The van der Waals surface area contributed by atoms with Crippen LogP contribution in [0, 0.1) is 5.82 Å². The van der Waals surface area contributed by atoms with Crippen LogP contribution in [0.5, 0.6) is 0 Å². The Balaban J connectivity index is 1.45. The highest BCUT2D eigenvalue weighted by atomic mass is 19.1. The van der Waals surface area contributed by atoms with Crippen LogP contribution < -0.4 is 16.0 Å². The summed E-state index contributed by atoms with van der Waals surface area (Å²) in [4.78, 5) is 30.8. The maximum Gasteiger partial charge on any atom is 0.414 e. The number of hydrogen-bond acceptors (Lipinski definition) is 7. The minimum absolute atomic E-state index is 0.153. The number of benzene rings is 1. The lowest BCUT2D eigenvalue weighted by Crippen LogP contribution is -2.52. The largest absolute Gasteiger partial charge is 0.442 e. The number of cyclic esters (lactones) is 1. The third kappa shape index (κ3) is 4.54. The van der Waals surface area contributed by atoms with E-state index in [1.54, 1.807) is 31.3 Å². The van der Waals surface area contributed by atoms with Crippen molar-refractivity contribution in [2.75, 3.05) is 24.5 Å². The van der Waals surface area contributed by atoms with Crippen LogP contribution in [0.3, 0.4) is 0 Å². The van der Waals surface area contributed by atoms with Crippen molar-refractivity contribution in [3.05, 3.63) is 42.3 Å². The highest BCUT2D eigenvalue weighted by Crippen LogP contribution is 2.29. The second-order valence-electron chi connectivity index (χ2n) is 7.22. The maximum atomic E-state index is 14.9. The molecule has 1 atom stereocenters. The van der Waals surface area contributed by atoms with Gasteiger partial charge in [0.2, 0.25) is 11.7 Å². The summed E-state index contributed by atoms with van der Waals surface area (Å²) < 4.78 is 20.1. The number of quaternary nitrogens is 1. The molecular formula is C20H22FN8O3+. The number of hydrogen-bond donors (Lipinski definition) is 2. The SMILES string of the molecule is Cn1nnc(-c2ccc(-c3ccc(N4C[C@H](CNC(=O)CC[NH3+])OC4=O)cc3F)cn2)n1. The molecule has 0 saturated carbocycles. The number of pyridine rings is 1. The molecule has 1 aliphatic heterocycles. The number of ether oxygens (including phenoxy) is 1. The van der Waals surface area contributed by atoms with Gasteiger partial charge in [0.15, 0.2) is 0 Å². The number of aromatic nitrogens is 5. The standard InChI is InChI=1S/C20H21FN8O3/c1-28-26-19(25-27-28)17-5-2-12(9-23-17)15-4-3-13(8-16(15)21)29-11-14(32-20(29)31)10-24-18(30)6-7-22/h2-5,8-9,14H,6-7,10-11,22H2,1H3,(H,24,30)/p+1/t14-/m0/s1. The van der Waals surface area contributed by atoms with Gasteiger partial charge in [-0.3, -0.25) is 14.7 Å². The summed E-state index contributed by atoms with van der Waals surface area (Å²) in [5.41, 5.74) is 5.42. The third-order valence-corrected chi connectivity index (χ3v) is 4.88. The first-order chi connectivity index (χ1) is 15.4. The van der Waals surface area contributed by atoms with Crippen LogP contribution in [-0.2, 0) is 16.6 Å². The molecule has 3 heterocycles. The zero-order valence-corrected chi connectivity index (χ0v) is 17.4. The number of carbonyl (C=O) groups is 2. The number of anilines is 1. The van der Waals surface area contributed by atoms with Gasteiger partial charge >= 0.3 is 6.09 Å². The number of halogens is 1. The number of rotatable bonds is 7. The fourth-order valence-electron chi connectivity index (χ4n) is 3.29. The molecule has 2 aromatic heterocycles. The highest BCUT2D eigenvalue weighted by molar-refractivity contribution is 5.90. The first-order valence-corrected chi connectivity index (χ1v) is 9.99. The van der Waals surface area contributed by atoms with E-state index in [1.807, 2.05) is 0 Å². The number of nitrogens with zero attached hydrogens (tertiary/aromatic N) is 6. The predicted molar refractivity (Wildman–Crippen MR) is 110 cm³/mol. The molecule has 1 fully saturated rings. The monoisotopic (exact) mass is 441 g/mol. The van der Waals surface area contributed by atoms with E-state index in [9.17, 15) is 14.0 Å². The van der Waals surface area contributed by atoms with Crippen LogP contribution in [0.2, 0.25) is 0 Å². The average Bonchev–Trinajstić information content (AvgIpc) is 3.38. The molecule has 2 amide bonds. The number of nitrogens with one attached hydrogen (secondary N) is 1. The van der Waals surface area contributed by atoms with E-state index >= 15 is 0 Å². The Hall–Kier alpha value is -3.93. The van der Waals surface area contributed by atoms with Crippen molar-refractivity contribution in [1.29, 1.82) is 0 Å². The van der Waals surface area contributed by atoms with E-state index in [0.717, 1.165) is 0 Å². The van der Waals surface area contributed by atoms with Crippen molar-refractivity contribution >= 4 is 17.7 Å². The van der Waals surface area contributed by atoms with Crippen molar-refractivity contribution < 1.29 is 24.5 Å². The minimum atomic E-state index is -0.587. The molecule has 166 valence electrons. The zero-order valence-electron chi connectivity index (χ0n) is 17.4. The van der Waals surface area contributed by atoms with Crippen molar-refractivity contribution in [2.45, 2.75) is 12.5 Å². The molecule has 32 heavy (non-hydrogen) atoms. The van der Waals surface area contributed by atoms with Gasteiger partial charge in [-0.1, -0.05) is 6.07 Å². The van der Waals surface area contributed by atoms with Crippen LogP contribution in [0.1, 0.15) is 6.42 Å². The molecule has 12 heteroatoms. The van der Waals surface area contributed by atoms with Crippen LogP contribution >= 0.6 is 0 Å². The second kappa shape index (κ2) is 9.06. The van der Waals surface area contributed by atoms with Crippen LogP contribution in [0.4, 0.5) is 14.9 Å². The van der Waals surface area contributed by atoms with Gasteiger partial charge in [-0.05, 0) is 29.5 Å². The van der Waals surface area contributed by atoms with E-state index in [1.165, 1.54) is 22.0 Å². The summed E-state index contributed by atoms with van der Waals surface area (Å²) in [7, 11) is 1.65. The van der Waals surface area contributed by atoms with E-state index < -0.39 is 18.0 Å². The molecule has 0 spiro atoms. The van der Waals surface area contributed by atoms with Gasteiger partial charge in [-0.15, -0.1) is 10.2 Å². The van der Waals surface area contributed by atoms with E-state index in [-0.39, 0.29) is 19.0 Å². The summed E-state index contributed by atoms with van der Waals surface area (Å²) in [6.45, 7) is 0.896. The molecule has 0 aliphatic carbocycles. The van der Waals surface area contributed by atoms with Crippen molar-refractivity contribution in [3.63, 3.8) is 0 Å². The van der Waals surface area contributed by atoms with Gasteiger partial charge in [-0.25, -0.2) is 9.18 Å². The van der Waals surface area contributed by atoms with Crippen molar-refractivity contribution in [2.24, 2.45) is 7.05 Å². The van der Waals surface area contributed by atoms with Crippen molar-refractivity contribution in [3.8, 4) is 22.6 Å². The van der Waals surface area contributed by atoms with E-state index in [2.05, 4.69) is 31.4 Å². The summed E-state index contributed by atoms with van der Waals surface area (Å²) in [5, 5.41) is 14.4. The Kier molecular flexibility index (Phi) is 6.03. The molecule has 11 nitrogen and oxygen atoms in total. The van der Waals surface area contributed by atoms with Crippen molar-refractivity contribution in [1.82, 2.24) is 30.5 Å². The number of amides is 2. The molecule has 1 aromatic carbocycles. The molecule has 4 N–H and O–H groups in total. The Bertz CT molecular complexity index is 1130. The Morgan fingerprint density at radius 3 is 2.84 bits per heavy atom. The van der Waals surface area contributed by atoms with Gasteiger partial charge < -0.3 is 15.8 Å². The maximum absolute atomic E-state index is 14.9. The second-order valence-corrected chi connectivity index (χ2v) is 7.22. The predicted octanol–water partition coefficient (Wildman–Crippen LogP) is 0.152. The first kappa shape index (κ1) is 21.3. The molecule has 0 bridgehead atoms. The van der Waals surface area contributed by atoms with E-state index in [0.29, 0.717) is 41.3 Å². The quantitative estimate of drug-likeness (QED) is 0.531. The Labute approximate surface area is 182 Å². The topological polar surface area (TPSA) is 143 Å². The van der Waals surface area contributed by atoms with Crippen LogP contribution in [0.15, 0.2) is 36.5 Å². The molecular weight excluding hydrogens is 419 g/mol. The van der Waals surface area contributed by atoms with Crippen LogP contribution in [-0.4, -0.2) is 62.9 Å².